The summed E-state index contributed by atoms with van der Waals surface area (Å²) in [6, 6.07) is -8.49. The second-order valence-electron chi connectivity index (χ2n) is 16.7. The van der Waals surface area contributed by atoms with Gasteiger partial charge in [-0.05, 0) is 33.6 Å². The average molecular weight is 1090 g/mol. The topological polar surface area (TPSA) is 417 Å². The summed E-state index contributed by atoms with van der Waals surface area (Å²) in [7, 11) is 4.79. The molecule has 0 aliphatic rings. The number of carbonyl (C=O) groups excluding carboxylic acids is 14. The quantitative estimate of drug-likeness (QED) is 0.0163. The third kappa shape index (κ3) is 31.8. The summed E-state index contributed by atoms with van der Waals surface area (Å²) in [4.78, 5) is 170. The maximum Gasteiger partial charge on any atom is 0.328 e. The lowest BCUT2D eigenvalue weighted by Gasteiger charge is -2.22. The van der Waals surface area contributed by atoms with Crippen molar-refractivity contribution in [2.75, 3.05) is 68.0 Å². The molecular weight excluding hydrogens is 1010 g/mol. The fourth-order valence-electron chi connectivity index (χ4n) is 5.55. The molecule has 0 heterocycles. The highest BCUT2D eigenvalue weighted by Gasteiger charge is 2.32. The number of hydrogen-bond donors (Lipinski definition) is 9. The van der Waals surface area contributed by atoms with E-state index in [0.717, 1.165) is 14.2 Å². The van der Waals surface area contributed by atoms with Crippen molar-refractivity contribution in [2.45, 2.75) is 115 Å². The Labute approximate surface area is 440 Å². The Hall–Kier alpha value is -7.66. The number of ketones is 2. The molecular formula is C47H75N9O20. The van der Waals surface area contributed by atoms with Gasteiger partial charge in [-0.2, -0.15) is 0 Å². The predicted octanol–water partition coefficient (Wildman–Crippen LogP) is -4.27. The molecule has 7 unspecified atom stereocenters. The first-order valence-corrected chi connectivity index (χ1v) is 23.5. The molecule has 76 heavy (non-hydrogen) atoms. The van der Waals surface area contributed by atoms with Crippen LogP contribution in [0.2, 0.25) is 0 Å². The van der Waals surface area contributed by atoms with Crippen LogP contribution in [0.25, 0.3) is 0 Å². The van der Waals surface area contributed by atoms with Gasteiger partial charge in [0.15, 0.2) is 0 Å². The standard InChI is InChI=1S/C24H38N4O10.C23H37N5O10/c1-7-10-38-24(35)16(9-8-15(4)29)27-23(34)18(13-36-5)26-19(30)12-25-22(33)17(11-20(31)37-6)28-21(32)14(2)3;1-6-9-38-23(35)15(8-7-13(2)29)27-22(34)17(12-36-4)26-18(30)11-25-21(33)16(10-19(31)37-5)28-20(32)14(3)24/h7,14,16-18H,1,8-13H2,2-6H3,(H,25,33)(H,26,30)(H,27,34)(H,28,32);6,14-17H,1,7-12,24H2,2-5H3,(H,25,33)(H,26,30)(H,27,34)(H,28,32). The summed E-state index contributed by atoms with van der Waals surface area (Å²) >= 11 is 0. The summed E-state index contributed by atoms with van der Waals surface area (Å²) in [5, 5.41) is 18.8. The molecule has 0 bridgehead atoms. The van der Waals surface area contributed by atoms with Crippen LogP contribution in [0.4, 0.5) is 0 Å². The van der Waals surface area contributed by atoms with E-state index in [2.05, 4.69) is 65.2 Å². The SMILES string of the molecule is C=CCOC(=O)C(CCC(C)=O)NC(=O)C(COC)NC(=O)CNC(=O)C(CC(=O)OC)NC(=O)C(C)C.C=CCOC(=O)C(CCC(C)=O)NC(=O)C(COC)NC(=O)CNC(=O)C(CC(=O)OC)NC(=O)C(C)N. The number of methoxy groups -OCH3 is 4. The number of ether oxygens (including phenoxy) is 6. The second-order valence-corrected chi connectivity index (χ2v) is 16.7. The molecule has 0 saturated heterocycles. The molecule has 0 saturated carbocycles. The van der Waals surface area contributed by atoms with E-state index in [0.29, 0.717) is 0 Å². The van der Waals surface area contributed by atoms with E-state index in [9.17, 15) is 67.1 Å². The molecule has 7 atom stereocenters. The van der Waals surface area contributed by atoms with Crippen molar-refractivity contribution in [3.63, 3.8) is 0 Å². The zero-order valence-electron chi connectivity index (χ0n) is 44.4. The Balaban J connectivity index is 0. The molecule has 0 radical (unpaired) electrons. The molecule has 0 aliphatic carbocycles. The first-order valence-electron chi connectivity index (χ1n) is 23.5. The zero-order valence-corrected chi connectivity index (χ0v) is 44.4. The van der Waals surface area contributed by atoms with Crippen molar-refractivity contribution in [1.82, 2.24) is 42.5 Å². The third-order valence-corrected chi connectivity index (χ3v) is 9.68. The van der Waals surface area contributed by atoms with Gasteiger partial charge in [-0.25, -0.2) is 9.59 Å². The van der Waals surface area contributed by atoms with Crippen LogP contribution >= 0.6 is 0 Å². The van der Waals surface area contributed by atoms with Gasteiger partial charge in [0.2, 0.25) is 47.3 Å². The minimum atomic E-state index is -1.37. The third-order valence-electron chi connectivity index (χ3n) is 9.68. The van der Waals surface area contributed by atoms with Crippen LogP contribution in [0.15, 0.2) is 25.3 Å². The lowest BCUT2D eigenvalue weighted by molar-refractivity contribution is -0.148. The van der Waals surface area contributed by atoms with Gasteiger partial charge in [0.25, 0.3) is 0 Å². The van der Waals surface area contributed by atoms with Crippen LogP contribution in [0, 0.1) is 5.92 Å². The number of rotatable bonds is 36. The minimum Gasteiger partial charge on any atom is -0.469 e. The van der Waals surface area contributed by atoms with E-state index in [4.69, 9.17) is 24.7 Å². The summed E-state index contributed by atoms with van der Waals surface area (Å²) in [6.45, 7) is 12.1. The highest BCUT2D eigenvalue weighted by molar-refractivity contribution is 5.97. The summed E-state index contributed by atoms with van der Waals surface area (Å²) in [5.41, 5.74) is 5.47. The predicted molar refractivity (Wildman–Crippen MR) is 265 cm³/mol. The van der Waals surface area contributed by atoms with Gasteiger partial charge in [0, 0.05) is 33.0 Å². The Morgan fingerprint density at radius 1 is 0.474 bits per heavy atom. The van der Waals surface area contributed by atoms with E-state index in [1.54, 1.807) is 13.8 Å². The normalized spacial score (nSPS) is 13.1. The van der Waals surface area contributed by atoms with Crippen LogP contribution < -0.4 is 48.3 Å². The maximum absolute atomic E-state index is 12.8. The van der Waals surface area contributed by atoms with Crippen molar-refractivity contribution in [3.8, 4) is 0 Å². The lowest BCUT2D eigenvalue weighted by Crippen LogP contribution is -2.56. The first-order chi connectivity index (χ1) is 35.7. The van der Waals surface area contributed by atoms with Gasteiger partial charge in [-0.1, -0.05) is 39.2 Å². The number of Topliss-reactive ketones (excluding diaryl/α,β-unsaturated/α-hetero) is 2. The Bertz CT molecular complexity index is 1890. The number of amides is 8. The second kappa shape index (κ2) is 39.8. The van der Waals surface area contributed by atoms with E-state index in [1.165, 1.54) is 47.1 Å². The molecule has 29 heteroatoms. The minimum absolute atomic E-state index is 0.00155. The fourth-order valence-corrected chi connectivity index (χ4v) is 5.55. The van der Waals surface area contributed by atoms with Crippen molar-refractivity contribution < 1.29 is 95.5 Å². The molecule has 0 aromatic rings. The zero-order chi connectivity index (χ0) is 58.5. The number of nitrogens with two attached hydrogens (primary N) is 1. The first kappa shape index (κ1) is 70.4. The van der Waals surface area contributed by atoms with E-state index < -0.39 is 145 Å². The Kier molecular flexibility index (Phi) is 36.8. The molecule has 0 rings (SSSR count). The van der Waals surface area contributed by atoms with E-state index >= 15 is 0 Å². The van der Waals surface area contributed by atoms with Crippen molar-refractivity contribution >= 4 is 82.7 Å². The maximum atomic E-state index is 12.8. The van der Waals surface area contributed by atoms with Crippen molar-refractivity contribution in [2.24, 2.45) is 11.7 Å². The smallest absolute Gasteiger partial charge is 0.328 e. The Morgan fingerprint density at radius 3 is 1.11 bits per heavy atom. The molecule has 428 valence electrons. The van der Waals surface area contributed by atoms with Gasteiger partial charge in [0.05, 0.1) is 59.4 Å². The van der Waals surface area contributed by atoms with Crippen molar-refractivity contribution in [3.05, 3.63) is 25.3 Å². The van der Waals surface area contributed by atoms with Crippen LogP contribution in [-0.2, 0) is 95.5 Å². The lowest BCUT2D eigenvalue weighted by atomic mass is 10.1. The fraction of sp³-hybridized carbons (Fsp3) is 0.617. The molecule has 10 N–H and O–H groups in total. The van der Waals surface area contributed by atoms with Gasteiger partial charge >= 0.3 is 23.9 Å². The number of nitrogens with one attached hydrogen (secondary N) is 8. The molecule has 0 aromatic heterocycles. The largest absolute Gasteiger partial charge is 0.469 e. The Morgan fingerprint density at radius 2 is 0.816 bits per heavy atom. The van der Waals surface area contributed by atoms with Crippen LogP contribution in [-0.4, -0.2) is 193 Å². The molecule has 0 spiro atoms. The highest BCUT2D eigenvalue weighted by Crippen LogP contribution is 2.06. The van der Waals surface area contributed by atoms with Gasteiger partial charge < -0.3 is 86.3 Å². The summed E-state index contributed by atoms with van der Waals surface area (Å²) in [6.07, 6.45) is 1.65. The van der Waals surface area contributed by atoms with Crippen LogP contribution in [0.1, 0.15) is 73.1 Å². The van der Waals surface area contributed by atoms with Gasteiger partial charge in [-0.15, -0.1) is 0 Å². The summed E-state index contributed by atoms with van der Waals surface area (Å²) in [5.74, 6) is -10.1. The monoisotopic (exact) mass is 1090 g/mol. The average Bonchev–Trinajstić information content (AvgIpc) is 3.36. The summed E-state index contributed by atoms with van der Waals surface area (Å²) < 4.78 is 28.9. The number of esters is 4. The van der Waals surface area contributed by atoms with Crippen LogP contribution in [0.5, 0.6) is 0 Å². The van der Waals surface area contributed by atoms with Gasteiger partial charge in [0.1, 0.15) is 61.0 Å². The number of carbonyl (C=O) groups is 14. The highest BCUT2D eigenvalue weighted by atomic mass is 16.5. The van der Waals surface area contributed by atoms with Crippen LogP contribution in [0.3, 0.4) is 0 Å². The molecule has 0 aromatic carbocycles. The molecule has 0 fully saturated rings. The van der Waals surface area contributed by atoms with E-state index in [1.807, 2.05) is 0 Å². The van der Waals surface area contributed by atoms with E-state index in [-0.39, 0.29) is 63.7 Å². The van der Waals surface area contributed by atoms with Crippen molar-refractivity contribution in [1.29, 1.82) is 0 Å². The molecule has 29 nitrogen and oxygen atoms in total. The molecule has 0 aliphatic heterocycles. The molecule has 8 amide bonds. The number of hydrogen-bond acceptors (Lipinski definition) is 21. The van der Waals surface area contributed by atoms with Gasteiger partial charge in [-0.3, -0.25) is 47.9 Å².